The molecule has 0 bridgehead atoms. The van der Waals surface area contributed by atoms with E-state index in [2.05, 4.69) is 9.88 Å². The van der Waals surface area contributed by atoms with Gasteiger partial charge in [-0.15, -0.1) is 0 Å². The van der Waals surface area contributed by atoms with Crippen molar-refractivity contribution in [2.24, 2.45) is 5.41 Å². The van der Waals surface area contributed by atoms with Gasteiger partial charge >= 0.3 is 0 Å². The molecule has 106 valence electrons. The molecule has 1 aromatic heterocycles. The summed E-state index contributed by atoms with van der Waals surface area (Å²) in [5.74, 6) is -2.43. The Bertz CT molecular complexity index is 677. The predicted molar refractivity (Wildman–Crippen MR) is 78.1 cm³/mol. The Morgan fingerprint density at radius 3 is 2.60 bits per heavy atom. The molecule has 0 unspecified atom stereocenters. The van der Waals surface area contributed by atoms with Gasteiger partial charge in [-0.25, -0.2) is 13.8 Å². The number of anilines is 1. The summed E-state index contributed by atoms with van der Waals surface area (Å²) in [5.41, 5.74) is 0.218. The van der Waals surface area contributed by atoms with Gasteiger partial charge < -0.3 is 4.90 Å². The molecule has 0 amide bonds. The van der Waals surface area contributed by atoms with Crippen molar-refractivity contribution in [1.82, 2.24) is 4.98 Å². The van der Waals surface area contributed by atoms with Crippen molar-refractivity contribution >= 4 is 38.3 Å². The fourth-order valence-electron chi connectivity index (χ4n) is 3.07. The Hall–Kier alpha value is -0.940. The van der Waals surface area contributed by atoms with Gasteiger partial charge in [-0.05, 0) is 31.0 Å². The quantitative estimate of drug-likeness (QED) is 0.766. The van der Waals surface area contributed by atoms with Crippen LogP contribution in [0.15, 0.2) is 18.2 Å². The molecule has 2 aliphatic rings. The highest BCUT2D eigenvalue weighted by molar-refractivity contribution is 7.22. The van der Waals surface area contributed by atoms with Crippen LogP contribution in [0.5, 0.6) is 0 Å². The van der Waals surface area contributed by atoms with Crippen molar-refractivity contribution in [2.75, 3.05) is 18.0 Å². The van der Waals surface area contributed by atoms with E-state index in [-0.39, 0.29) is 6.42 Å². The first kappa shape index (κ1) is 12.8. The van der Waals surface area contributed by atoms with Crippen LogP contribution in [0.4, 0.5) is 13.9 Å². The topological polar surface area (TPSA) is 16.1 Å². The third-order valence-corrected chi connectivity index (χ3v) is 5.86. The van der Waals surface area contributed by atoms with E-state index in [4.69, 9.17) is 11.6 Å². The fraction of sp³-hybridized carbons (Fsp3) is 0.500. The molecule has 0 N–H and O–H groups in total. The first-order valence-electron chi connectivity index (χ1n) is 6.68. The average molecular weight is 315 g/mol. The lowest BCUT2D eigenvalue weighted by molar-refractivity contribution is 0.0537. The Balaban J connectivity index is 1.56. The van der Waals surface area contributed by atoms with Gasteiger partial charge in [0.1, 0.15) is 0 Å². The second kappa shape index (κ2) is 4.04. The monoisotopic (exact) mass is 314 g/mol. The van der Waals surface area contributed by atoms with Crippen molar-refractivity contribution in [1.29, 1.82) is 0 Å². The van der Waals surface area contributed by atoms with Crippen LogP contribution in [0.1, 0.15) is 19.3 Å². The van der Waals surface area contributed by atoms with Gasteiger partial charge in [-0.2, -0.15) is 0 Å². The minimum atomic E-state index is -2.43. The zero-order chi connectivity index (χ0) is 14.0. The number of hydrogen-bond donors (Lipinski definition) is 0. The van der Waals surface area contributed by atoms with Crippen molar-refractivity contribution < 1.29 is 8.78 Å². The zero-order valence-corrected chi connectivity index (χ0v) is 12.3. The molecule has 0 atom stereocenters. The number of piperidine rings is 1. The molecule has 2 aromatic rings. The Morgan fingerprint density at radius 2 is 1.95 bits per heavy atom. The van der Waals surface area contributed by atoms with Gasteiger partial charge in [0.15, 0.2) is 5.13 Å². The lowest BCUT2D eigenvalue weighted by atomic mass is 9.93. The first-order chi connectivity index (χ1) is 9.49. The van der Waals surface area contributed by atoms with E-state index in [9.17, 15) is 8.78 Å². The molecule has 2 nitrogen and oxygen atoms in total. The SMILES string of the molecule is FC1(F)CC12CCN(c1nc3ccc(Cl)cc3s1)CC2. The molecule has 1 aromatic carbocycles. The van der Waals surface area contributed by atoms with E-state index >= 15 is 0 Å². The number of thiazole rings is 1. The van der Waals surface area contributed by atoms with E-state index in [0.29, 0.717) is 31.0 Å². The van der Waals surface area contributed by atoms with E-state index in [1.807, 2.05) is 18.2 Å². The summed E-state index contributed by atoms with van der Waals surface area (Å²) in [7, 11) is 0. The second-order valence-electron chi connectivity index (χ2n) is 5.76. The molecule has 2 fully saturated rings. The highest BCUT2D eigenvalue weighted by Crippen LogP contribution is 2.66. The molecular weight excluding hydrogens is 302 g/mol. The Morgan fingerprint density at radius 1 is 1.25 bits per heavy atom. The highest BCUT2D eigenvalue weighted by atomic mass is 35.5. The summed E-state index contributed by atoms with van der Waals surface area (Å²) in [6, 6.07) is 5.63. The maximum atomic E-state index is 13.4. The summed E-state index contributed by atoms with van der Waals surface area (Å²) < 4.78 is 27.8. The molecule has 1 aliphatic carbocycles. The van der Waals surface area contributed by atoms with Crippen molar-refractivity contribution in [2.45, 2.75) is 25.2 Å². The zero-order valence-electron chi connectivity index (χ0n) is 10.7. The molecule has 4 rings (SSSR count). The third kappa shape index (κ3) is 1.83. The van der Waals surface area contributed by atoms with E-state index in [1.54, 1.807) is 11.3 Å². The number of halogens is 3. The van der Waals surface area contributed by atoms with Gasteiger partial charge in [0, 0.05) is 29.9 Å². The molecular formula is C14H13ClF2N2S. The molecule has 1 saturated heterocycles. The average Bonchev–Trinajstić information content (AvgIpc) is 2.77. The normalized spacial score (nSPS) is 23.4. The summed E-state index contributed by atoms with van der Waals surface area (Å²) in [5, 5.41) is 1.61. The van der Waals surface area contributed by atoms with Crippen molar-refractivity contribution in [3.05, 3.63) is 23.2 Å². The van der Waals surface area contributed by atoms with E-state index < -0.39 is 11.3 Å². The van der Waals surface area contributed by atoms with E-state index in [0.717, 1.165) is 15.3 Å². The largest absolute Gasteiger partial charge is 0.348 e. The standard InChI is InChI=1S/C14H13ClF2N2S/c15-9-1-2-10-11(7-9)20-12(18-10)19-5-3-13(4-6-19)8-14(13,16)17/h1-2,7H,3-6,8H2. The van der Waals surface area contributed by atoms with E-state index in [1.165, 1.54) is 0 Å². The minimum absolute atomic E-state index is 0.0727. The molecule has 0 radical (unpaired) electrons. The molecule has 6 heteroatoms. The van der Waals surface area contributed by atoms with Crippen molar-refractivity contribution in [3.63, 3.8) is 0 Å². The number of alkyl halides is 2. The Labute approximate surface area is 124 Å². The van der Waals surface area contributed by atoms with Crippen LogP contribution in [0, 0.1) is 5.41 Å². The molecule has 1 aliphatic heterocycles. The molecule has 20 heavy (non-hydrogen) atoms. The lowest BCUT2D eigenvalue weighted by Gasteiger charge is -2.31. The highest BCUT2D eigenvalue weighted by Gasteiger charge is 2.70. The predicted octanol–water partition coefficient (Wildman–Crippen LogP) is 4.58. The van der Waals surface area contributed by atoms with Crippen LogP contribution in [-0.4, -0.2) is 24.0 Å². The van der Waals surface area contributed by atoms with Crippen LogP contribution >= 0.6 is 22.9 Å². The van der Waals surface area contributed by atoms with Crippen LogP contribution < -0.4 is 4.90 Å². The minimum Gasteiger partial charge on any atom is -0.348 e. The van der Waals surface area contributed by atoms with Crippen LogP contribution in [0.3, 0.4) is 0 Å². The Kier molecular flexibility index (Phi) is 2.58. The summed E-state index contributed by atoms with van der Waals surface area (Å²) in [6.07, 6.45) is 1.21. The number of rotatable bonds is 1. The maximum absolute atomic E-state index is 13.4. The third-order valence-electron chi connectivity index (χ3n) is 4.54. The summed E-state index contributed by atoms with van der Waals surface area (Å²) in [6.45, 7) is 1.34. The van der Waals surface area contributed by atoms with Gasteiger partial charge in [-0.1, -0.05) is 22.9 Å². The number of hydrogen-bond acceptors (Lipinski definition) is 3. The number of benzene rings is 1. The lowest BCUT2D eigenvalue weighted by Crippen LogP contribution is -2.36. The van der Waals surface area contributed by atoms with Crippen molar-refractivity contribution in [3.8, 4) is 0 Å². The second-order valence-corrected chi connectivity index (χ2v) is 7.20. The first-order valence-corrected chi connectivity index (χ1v) is 7.88. The van der Waals surface area contributed by atoms with Gasteiger partial charge in [-0.3, -0.25) is 0 Å². The van der Waals surface area contributed by atoms with Crippen LogP contribution in [0.25, 0.3) is 10.2 Å². The number of aromatic nitrogens is 1. The fourth-order valence-corrected chi connectivity index (χ4v) is 4.36. The summed E-state index contributed by atoms with van der Waals surface area (Å²) in [4.78, 5) is 6.70. The number of nitrogens with zero attached hydrogens (tertiary/aromatic N) is 2. The maximum Gasteiger partial charge on any atom is 0.254 e. The van der Waals surface area contributed by atoms with Gasteiger partial charge in [0.05, 0.1) is 10.2 Å². The number of fused-ring (bicyclic) bond motifs is 1. The molecule has 1 spiro atoms. The van der Waals surface area contributed by atoms with Gasteiger partial charge in [0.25, 0.3) is 5.92 Å². The molecule has 2 heterocycles. The van der Waals surface area contributed by atoms with Gasteiger partial charge in [0.2, 0.25) is 0 Å². The van der Waals surface area contributed by atoms with Crippen LogP contribution in [0.2, 0.25) is 5.02 Å². The molecule has 1 saturated carbocycles. The van der Waals surface area contributed by atoms with Crippen LogP contribution in [-0.2, 0) is 0 Å². The summed E-state index contributed by atoms with van der Waals surface area (Å²) >= 11 is 7.55. The smallest absolute Gasteiger partial charge is 0.254 e.